The van der Waals surface area contributed by atoms with Crippen molar-refractivity contribution in [3.63, 3.8) is 0 Å². The van der Waals surface area contributed by atoms with Crippen LogP contribution in [-0.2, 0) is 27.0 Å². The molecule has 1 saturated heterocycles. The van der Waals surface area contributed by atoms with Crippen LogP contribution in [0.15, 0.2) is 4.52 Å². The number of nitrogens with one attached hydrogen (secondary N) is 1. The molecule has 1 aromatic heterocycles. The van der Waals surface area contributed by atoms with E-state index >= 15 is 0 Å². The van der Waals surface area contributed by atoms with Crippen molar-refractivity contribution < 1.29 is 32.0 Å². The highest BCUT2D eigenvalue weighted by Crippen LogP contribution is 2.44. The van der Waals surface area contributed by atoms with E-state index in [0.717, 1.165) is 19.3 Å². The lowest BCUT2D eigenvalue weighted by Gasteiger charge is -2.35. The van der Waals surface area contributed by atoms with Gasteiger partial charge in [0, 0.05) is 0 Å². The normalized spacial score (nSPS) is 23.3. The standard InChI is InChI=1S/C14H16F3N3O4/c15-14(16,17)12-19-9(20-24-12)7-18-11(22)8-6-10(21)23-13(8)4-2-1-3-5-13/h8H,1-7H2,(H,18,22)/t8-/m1/s1. The van der Waals surface area contributed by atoms with Crippen LogP contribution in [0.2, 0.25) is 0 Å². The maximum absolute atomic E-state index is 12.4. The molecule has 10 heteroatoms. The second-order valence-corrected chi connectivity index (χ2v) is 6.09. The van der Waals surface area contributed by atoms with E-state index in [1.54, 1.807) is 0 Å². The number of amides is 1. The molecule has 1 aliphatic heterocycles. The number of aromatic nitrogens is 2. The zero-order valence-electron chi connectivity index (χ0n) is 12.7. The zero-order chi connectivity index (χ0) is 17.4. The summed E-state index contributed by atoms with van der Waals surface area (Å²) >= 11 is 0. The first-order valence-electron chi connectivity index (χ1n) is 7.69. The van der Waals surface area contributed by atoms with Crippen LogP contribution in [0.1, 0.15) is 50.2 Å². The number of carbonyl (C=O) groups excluding carboxylic acids is 2. The topological polar surface area (TPSA) is 94.3 Å². The van der Waals surface area contributed by atoms with Gasteiger partial charge in [0.15, 0.2) is 5.82 Å². The van der Waals surface area contributed by atoms with Gasteiger partial charge in [-0.05, 0) is 25.7 Å². The van der Waals surface area contributed by atoms with Crippen LogP contribution in [0.25, 0.3) is 0 Å². The van der Waals surface area contributed by atoms with Gasteiger partial charge in [0.25, 0.3) is 0 Å². The number of alkyl halides is 3. The SMILES string of the molecule is O=C1C[C@H](C(=O)NCc2noc(C(F)(F)F)n2)C2(CCCCC2)O1. The van der Waals surface area contributed by atoms with Gasteiger partial charge in [-0.1, -0.05) is 11.6 Å². The second kappa shape index (κ2) is 6.06. The Balaban J connectivity index is 1.64. The van der Waals surface area contributed by atoms with Gasteiger partial charge in [-0.25, -0.2) is 0 Å². The lowest BCUT2D eigenvalue weighted by molar-refractivity contribution is -0.159. The maximum atomic E-state index is 12.4. The first-order chi connectivity index (χ1) is 11.3. The predicted octanol–water partition coefficient (Wildman–Crippen LogP) is 1.97. The maximum Gasteiger partial charge on any atom is 0.471 e. The summed E-state index contributed by atoms with van der Waals surface area (Å²) in [6, 6.07) is 0. The van der Waals surface area contributed by atoms with E-state index in [1.165, 1.54) is 0 Å². The highest BCUT2D eigenvalue weighted by molar-refractivity contribution is 5.87. The van der Waals surface area contributed by atoms with Crippen LogP contribution in [0, 0.1) is 5.92 Å². The molecule has 3 rings (SSSR count). The van der Waals surface area contributed by atoms with Gasteiger partial charge in [-0.15, -0.1) is 0 Å². The summed E-state index contributed by atoms with van der Waals surface area (Å²) in [5.74, 6) is -3.25. The third-order valence-corrected chi connectivity index (χ3v) is 4.47. The molecule has 1 aliphatic carbocycles. The summed E-state index contributed by atoms with van der Waals surface area (Å²) in [7, 11) is 0. The minimum Gasteiger partial charge on any atom is -0.458 e. The minimum absolute atomic E-state index is 0.0219. The Morgan fingerprint density at radius 2 is 2.00 bits per heavy atom. The monoisotopic (exact) mass is 347 g/mol. The summed E-state index contributed by atoms with van der Waals surface area (Å²) in [5, 5.41) is 5.66. The molecule has 1 amide bonds. The van der Waals surface area contributed by atoms with Crippen LogP contribution in [0.5, 0.6) is 0 Å². The van der Waals surface area contributed by atoms with E-state index in [9.17, 15) is 22.8 Å². The minimum atomic E-state index is -4.73. The molecule has 1 spiro atoms. The fourth-order valence-corrected chi connectivity index (χ4v) is 3.35. The molecule has 2 fully saturated rings. The van der Waals surface area contributed by atoms with E-state index in [4.69, 9.17) is 4.74 Å². The van der Waals surface area contributed by atoms with Crippen LogP contribution in [0.3, 0.4) is 0 Å². The van der Waals surface area contributed by atoms with Crippen molar-refractivity contribution in [2.75, 3.05) is 0 Å². The number of rotatable bonds is 3. The highest BCUT2D eigenvalue weighted by atomic mass is 19.4. The first-order valence-corrected chi connectivity index (χ1v) is 7.69. The Bertz CT molecular complexity index is 637. The molecule has 0 unspecified atom stereocenters. The predicted molar refractivity (Wildman–Crippen MR) is 71.2 cm³/mol. The lowest BCUT2D eigenvalue weighted by atomic mass is 9.75. The van der Waals surface area contributed by atoms with E-state index in [1.807, 2.05) is 0 Å². The van der Waals surface area contributed by atoms with Crippen LogP contribution in [-0.4, -0.2) is 27.6 Å². The van der Waals surface area contributed by atoms with Crippen molar-refractivity contribution >= 4 is 11.9 Å². The molecule has 0 bridgehead atoms. The first kappa shape index (κ1) is 16.7. The van der Waals surface area contributed by atoms with Gasteiger partial charge in [0.2, 0.25) is 5.91 Å². The fraction of sp³-hybridized carbons (Fsp3) is 0.714. The van der Waals surface area contributed by atoms with Crippen LogP contribution < -0.4 is 5.32 Å². The van der Waals surface area contributed by atoms with Crippen molar-refractivity contribution in [3.05, 3.63) is 11.7 Å². The largest absolute Gasteiger partial charge is 0.471 e. The fourth-order valence-electron chi connectivity index (χ4n) is 3.35. The molecule has 0 radical (unpaired) electrons. The summed E-state index contributed by atoms with van der Waals surface area (Å²) in [6.07, 6.45) is -0.738. The number of esters is 1. The Labute approximate surface area is 134 Å². The molecule has 0 aromatic carbocycles. The summed E-state index contributed by atoms with van der Waals surface area (Å²) in [5.41, 5.74) is -0.784. The third kappa shape index (κ3) is 3.22. The van der Waals surface area contributed by atoms with E-state index in [-0.39, 0.29) is 18.8 Å². The third-order valence-electron chi connectivity index (χ3n) is 4.47. The molecule has 24 heavy (non-hydrogen) atoms. The molecule has 1 saturated carbocycles. The number of carbonyl (C=O) groups is 2. The van der Waals surface area contributed by atoms with E-state index in [2.05, 4.69) is 20.0 Å². The smallest absolute Gasteiger partial charge is 0.458 e. The summed E-state index contributed by atoms with van der Waals surface area (Å²) < 4.78 is 46.7. The highest BCUT2D eigenvalue weighted by Gasteiger charge is 2.52. The number of hydrogen-bond acceptors (Lipinski definition) is 6. The van der Waals surface area contributed by atoms with Gasteiger partial charge < -0.3 is 14.6 Å². The lowest BCUT2D eigenvalue weighted by Crippen LogP contribution is -2.45. The van der Waals surface area contributed by atoms with Gasteiger partial charge in [-0.2, -0.15) is 18.2 Å². The molecular weight excluding hydrogens is 331 g/mol. The Morgan fingerprint density at radius 3 is 2.62 bits per heavy atom. The van der Waals surface area contributed by atoms with E-state index < -0.39 is 35.5 Å². The number of hydrogen-bond donors (Lipinski definition) is 1. The van der Waals surface area contributed by atoms with Crippen molar-refractivity contribution in [2.24, 2.45) is 5.92 Å². The van der Waals surface area contributed by atoms with E-state index in [0.29, 0.717) is 12.8 Å². The molecule has 2 aliphatic rings. The molecule has 1 N–H and O–H groups in total. The summed E-state index contributed by atoms with van der Waals surface area (Å²) in [4.78, 5) is 27.2. The average Bonchev–Trinajstić information content (AvgIpc) is 3.11. The van der Waals surface area contributed by atoms with Gasteiger partial charge in [0.05, 0.1) is 18.9 Å². The van der Waals surface area contributed by atoms with Crippen LogP contribution in [0.4, 0.5) is 13.2 Å². The van der Waals surface area contributed by atoms with Crippen molar-refractivity contribution in [3.8, 4) is 0 Å². The van der Waals surface area contributed by atoms with Gasteiger partial charge in [0.1, 0.15) is 5.60 Å². The molecule has 7 nitrogen and oxygen atoms in total. The van der Waals surface area contributed by atoms with Crippen molar-refractivity contribution in [1.82, 2.24) is 15.5 Å². The molecule has 2 heterocycles. The van der Waals surface area contributed by atoms with Crippen LogP contribution >= 0.6 is 0 Å². The number of halogens is 3. The Hall–Kier alpha value is -2.13. The zero-order valence-corrected chi connectivity index (χ0v) is 12.7. The number of ether oxygens (including phenoxy) is 1. The quantitative estimate of drug-likeness (QED) is 0.840. The molecule has 1 aromatic rings. The molecule has 132 valence electrons. The Kier molecular flexibility index (Phi) is 4.22. The molecular formula is C14H16F3N3O4. The average molecular weight is 347 g/mol. The number of nitrogens with zero attached hydrogens (tertiary/aromatic N) is 2. The molecule has 1 atom stereocenters. The summed E-state index contributed by atoms with van der Waals surface area (Å²) in [6.45, 7) is -0.306. The van der Waals surface area contributed by atoms with Gasteiger partial charge >= 0.3 is 18.0 Å². The van der Waals surface area contributed by atoms with Gasteiger partial charge in [-0.3, -0.25) is 9.59 Å². The Morgan fingerprint density at radius 1 is 1.29 bits per heavy atom. The van der Waals surface area contributed by atoms with Crippen molar-refractivity contribution in [2.45, 2.75) is 56.8 Å². The van der Waals surface area contributed by atoms with Crippen molar-refractivity contribution in [1.29, 1.82) is 0 Å². The second-order valence-electron chi connectivity index (χ2n) is 6.09.